The van der Waals surface area contributed by atoms with Crippen LogP contribution in [-0.2, 0) is 11.2 Å². The fourth-order valence-corrected chi connectivity index (χ4v) is 2.75. The Kier molecular flexibility index (Phi) is 5.18. The molecule has 0 radical (unpaired) electrons. The van der Waals surface area contributed by atoms with Gasteiger partial charge in [-0.15, -0.1) is 0 Å². The van der Waals surface area contributed by atoms with Crippen molar-refractivity contribution in [3.63, 3.8) is 0 Å². The minimum atomic E-state index is 0.106. The fraction of sp³-hybridized carbons (Fsp3) is 0.588. The Balaban J connectivity index is 2.07. The lowest BCUT2D eigenvalue weighted by Gasteiger charge is -2.24. The lowest BCUT2D eigenvalue weighted by Crippen LogP contribution is -2.37. The molecule has 1 aromatic rings. The molecule has 1 aliphatic rings. The third-order valence-corrected chi connectivity index (χ3v) is 4.14. The van der Waals surface area contributed by atoms with Gasteiger partial charge in [0.1, 0.15) is 0 Å². The Morgan fingerprint density at radius 2 is 2.05 bits per heavy atom. The van der Waals surface area contributed by atoms with Crippen LogP contribution in [-0.4, -0.2) is 19.0 Å². The van der Waals surface area contributed by atoms with Gasteiger partial charge in [-0.2, -0.15) is 0 Å². The summed E-state index contributed by atoms with van der Waals surface area (Å²) in [7, 11) is 0. The quantitative estimate of drug-likeness (QED) is 0.866. The van der Waals surface area contributed by atoms with Gasteiger partial charge in [0.25, 0.3) is 0 Å². The van der Waals surface area contributed by atoms with E-state index in [1.807, 2.05) is 0 Å². The topological polar surface area (TPSA) is 41.1 Å². The maximum absolute atomic E-state index is 12.3. The van der Waals surface area contributed by atoms with Crippen molar-refractivity contribution >= 4 is 5.91 Å². The van der Waals surface area contributed by atoms with Crippen LogP contribution in [0, 0.1) is 11.8 Å². The van der Waals surface area contributed by atoms with Gasteiger partial charge in [-0.25, -0.2) is 0 Å². The molecule has 0 aliphatic carbocycles. The highest BCUT2D eigenvalue weighted by molar-refractivity contribution is 5.79. The SMILES string of the molecule is CCc1ccc(C(NC(=O)C2CCNC2)C(C)C)cc1. The highest BCUT2D eigenvalue weighted by Crippen LogP contribution is 2.23. The number of hydrogen-bond donors (Lipinski definition) is 2. The van der Waals surface area contributed by atoms with Crippen molar-refractivity contribution in [1.82, 2.24) is 10.6 Å². The molecule has 3 heteroatoms. The van der Waals surface area contributed by atoms with E-state index < -0.39 is 0 Å². The third-order valence-electron chi connectivity index (χ3n) is 4.14. The summed E-state index contributed by atoms with van der Waals surface area (Å²) in [6.07, 6.45) is 2.00. The number of benzene rings is 1. The second-order valence-corrected chi connectivity index (χ2v) is 6.02. The van der Waals surface area contributed by atoms with Gasteiger partial charge in [0.05, 0.1) is 12.0 Å². The summed E-state index contributed by atoms with van der Waals surface area (Å²) < 4.78 is 0. The Morgan fingerprint density at radius 1 is 1.35 bits per heavy atom. The normalized spacial score (nSPS) is 20.1. The average Bonchev–Trinajstić information content (AvgIpc) is 2.98. The molecule has 2 rings (SSSR count). The Labute approximate surface area is 122 Å². The lowest BCUT2D eigenvalue weighted by atomic mass is 9.94. The second kappa shape index (κ2) is 6.89. The summed E-state index contributed by atoms with van der Waals surface area (Å²) in [5.41, 5.74) is 2.54. The van der Waals surface area contributed by atoms with E-state index in [0.29, 0.717) is 5.92 Å². The summed E-state index contributed by atoms with van der Waals surface area (Å²) in [5, 5.41) is 6.48. The molecule has 1 fully saturated rings. The highest BCUT2D eigenvalue weighted by atomic mass is 16.2. The van der Waals surface area contributed by atoms with Crippen molar-refractivity contribution in [3.8, 4) is 0 Å². The Morgan fingerprint density at radius 3 is 2.55 bits per heavy atom. The van der Waals surface area contributed by atoms with Gasteiger partial charge >= 0.3 is 0 Å². The summed E-state index contributed by atoms with van der Waals surface area (Å²) in [6, 6.07) is 8.73. The van der Waals surface area contributed by atoms with Crippen molar-refractivity contribution < 1.29 is 4.79 Å². The number of carbonyl (C=O) groups is 1. The lowest BCUT2D eigenvalue weighted by molar-refractivity contribution is -0.125. The van der Waals surface area contributed by atoms with E-state index in [2.05, 4.69) is 55.7 Å². The molecular formula is C17H26N2O. The number of amides is 1. The zero-order valence-corrected chi connectivity index (χ0v) is 12.8. The Hall–Kier alpha value is -1.35. The molecule has 0 bridgehead atoms. The van der Waals surface area contributed by atoms with Gasteiger partial charge in [0.2, 0.25) is 5.91 Å². The summed E-state index contributed by atoms with van der Waals surface area (Å²) in [5.74, 6) is 0.709. The largest absolute Gasteiger partial charge is 0.349 e. The molecule has 2 N–H and O–H groups in total. The zero-order chi connectivity index (χ0) is 14.5. The van der Waals surface area contributed by atoms with E-state index >= 15 is 0 Å². The van der Waals surface area contributed by atoms with E-state index in [0.717, 1.165) is 25.9 Å². The molecule has 2 atom stereocenters. The van der Waals surface area contributed by atoms with Gasteiger partial charge in [0.15, 0.2) is 0 Å². The first-order chi connectivity index (χ1) is 9.61. The van der Waals surface area contributed by atoms with Crippen LogP contribution in [0.25, 0.3) is 0 Å². The molecule has 1 aliphatic heterocycles. The molecule has 1 aromatic carbocycles. The van der Waals surface area contributed by atoms with Crippen LogP contribution < -0.4 is 10.6 Å². The van der Waals surface area contributed by atoms with E-state index in [1.165, 1.54) is 11.1 Å². The maximum Gasteiger partial charge on any atom is 0.224 e. The van der Waals surface area contributed by atoms with Gasteiger partial charge in [-0.05, 0) is 36.4 Å². The van der Waals surface area contributed by atoms with E-state index in [4.69, 9.17) is 0 Å². The third kappa shape index (κ3) is 3.60. The van der Waals surface area contributed by atoms with Gasteiger partial charge in [-0.1, -0.05) is 45.0 Å². The van der Waals surface area contributed by atoms with Crippen LogP contribution >= 0.6 is 0 Å². The predicted octanol–water partition coefficient (Wildman–Crippen LogP) is 2.67. The van der Waals surface area contributed by atoms with Crippen molar-refractivity contribution in [2.24, 2.45) is 11.8 Å². The fourth-order valence-electron chi connectivity index (χ4n) is 2.75. The number of hydrogen-bond acceptors (Lipinski definition) is 2. The number of aryl methyl sites for hydroxylation is 1. The molecule has 20 heavy (non-hydrogen) atoms. The highest BCUT2D eigenvalue weighted by Gasteiger charge is 2.26. The number of carbonyl (C=O) groups excluding carboxylic acids is 1. The molecule has 2 unspecified atom stereocenters. The van der Waals surface area contributed by atoms with Crippen LogP contribution in [0.3, 0.4) is 0 Å². The van der Waals surface area contributed by atoms with Crippen molar-refractivity contribution in [3.05, 3.63) is 35.4 Å². The molecule has 0 spiro atoms. The molecule has 3 nitrogen and oxygen atoms in total. The molecule has 1 amide bonds. The van der Waals surface area contributed by atoms with Gasteiger partial charge in [-0.3, -0.25) is 4.79 Å². The van der Waals surface area contributed by atoms with E-state index in [-0.39, 0.29) is 17.9 Å². The number of rotatable bonds is 5. The second-order valence-electron chi connectivity index (χ2n) is 6.02. The smallest absolute Gasteiger partial charge is 0.224 e. The van der Waals surface area contributed by atoms with Crippen LogP contribution in [0.15, 0.2) is 24.3 Å². The minimum Gasteiger partial charge on any atom is -0.349 e. The monoisotopic (exact) mass is 274 g/mol. The molecule has 0 aromatic heterocycles. The average molecular weight is 274 g/mol. The Bertz CT molecular complexity index is 433. The standard InChI is InChI=1S/C17H26N2O/c1-4-13-5-7-14(8-6-13)16(12(2)3)19-17(20)15-9-10-18-11-15/h5-8,12,15-16,18H,4,9-11H2,1-3H3,(H,19,20). The van der Waals surface area contributed by atoms with Crippen molar-refractivity contribution in [1.29, 1.82) is 0 Å². The summed E-state index contributed by atoms with van der Waals surface area (Å²) >= 11 is 0. The van der Waals surface area contributed by atoms with E-state index in [1.54, 1.807) is 0 Å². The summed E-state index contributed by atoms with van der Waals surface area (Å²) in [4.78, 5) is 12.3. The molecule has 1 heterocycles. The van der Waals surface area contributed by atoms with Crippen LogP contribution in [0.2, 0.25) is 0 Å². The van der Waals surface area contributed by atoms with Crippen molar-refractivity contribution in [2.45, 2.75) is 39.7 Å². The summed E-state index contributed by atoms with van der Waals surface area (Å²) in [6.45, 7) is 8.24. The van der Waals surface area contributed by atoms with Gasteiger partial charge < -0.3 is 10.6 Å². The minimum absolute atomic E-state index is 0.106. The van der Waals surface area contributed by atoms with E-state index in [9.17, 15) is 4.79 Å². The van der Waals surface area contributed by atoms with Crippen LogP contribution in [0.1, 0.15) is 44.4 Å². The van der Waals surface area contributed by atoms with Crippen molar-refractivity contribution in [2.75, 3.05) is 13.1 Å². The first kappa shape index (κ1) is 15.0. The first-order valence-corrected chi connectivity index (χ1v) is 7.71. The zero-order valence-electron chi connectivity index (χ0n) is 12.8. The molecular weight excluding hydrogens is 248 g/mol. The first-order valence-electron chi connectivity index (χ1n) is 7.71. The van der Waals surface area contributed by atoms with Gasteiger partial charge in [0, 0.05) is 6.54 Å². The number of nitrogens with one attached hydrogen (secondary N) is 2. The van der Waals surface area contributed by atoms with Crippen LogP contribution in [0.5, 0.6) is 0 Å². The molecule has 0 saturated carbocycles. The molecule has 110 valence electrons. The predicted molar refractivity (Wildman–Crippen MR) is 82.5 cm³/mol. The maximum atomic E-state index is 12.3. The molecule has 1 saturated heterocycles. The van der Waals surface area contributed by atoms with Crippen LogP contribution in [0.4, 0.5) is 0 Å².